The summed E-state index contributed by atoms with van der Waals surface area (Å²) in [6, 6.07) is 19.2. The quantitative estimate of drug-likeness (QED) is 0.427. The molecule has 0 saturated heterocycles. The highest BCUT2D eigenvalue weighted by molar-refractivity contribution is 6.03. The van der Waals surface area contributed by atoms with E-state index < -0.39 is 0 Å². The second-order valence-electron chi connectivity index (χ2n) is 8.79. The van der Waals surface area contributed by atoms with Gasteiger partial charge in [-0.2, -0.15) is 0 Å². The minimum Gasteiger partial charge on any atom is -0.328 e. The van der Waals surface area contributed by atoms with Crippen LogP contribution < -0.4 is 5.73 Å². The number of hydrogen-bond donors (Lipinski definition) is 1. The Morgan fingerprint density at radius 3 is 2.24 bits per heavy atom. The van der Waals surface area contributed by atoms with Crippen LogP contribution in [0, 0.1) is 0 Å². The van der Waals surface area contributed by atoms with Gasteiger partial charge in [-0.25, -0.2) is 19.9 Å². The predicted octanol–water partition coefficient (Wildman–Crippen LogP) is 5.10. The molecular formula is C27H24N6. The lowest BCUT2D eigenvalue weighted by molar-refractivity contribution is 0.253. The number of aryl methyl sites for hydroxylation is 1. The average Bonchev–Trinajstić information content (AvgIpc) is 3.15. The molecule has 0 aliphatic heterocycles. The van der Waals surface area contributed by atoms with Crippen LogP contribution >= 0.6 is 0 Å². The second kappa shape index (κ2) is 7.60. The Balaban J connectivity index is 1.56. The summed E-state index contributed by atoms with van der Waals surface area (Å²) >= 11 is 0. The lowest BCUT2D eigenvalue weighted by atomic mass is 9.72. The molecular weight excluding hydrogens is 408 g/mol. The summed E-state index contributed by atoms with van der Waals surface area (Å²) in [5.74, 6) is 0.611. The van der Waals surface area contributed by atoms with Gasteiger partial charge in [0.15, 0.2) is 5.82 Å². The zero-order chi connectivity index (χ0) is 22.4. The maximum atomic E-state index is 6.56. The summed E-state index contributed by atoms with van der Waals surface area (Å²) in [4.78, 5) is 17.8. The number of nitrogens with two attached hydrogens (primary N) is 1. The molecule has 3 aromatic heterocycles. The van der Waals surface area contributed by atoms with Crippen molar-refractivity contribution in [3.05, 3.63) is 85.1 Å². The Labute approximate surface area is 192 Å². The Kier molecular flexibility index (Phi) is 4.55. The molecule has 0 bridgehead atoms. The molecule has 1 aliphatic rings. The number of nitrogens with zero attached hydrogens (tertiary/aromatic N) is 5. The van der Waals surface area contributed by atoms with Gasteiger partial charge in [-0.3, -0.25) is 0 Å². The second-order valence-corrected chi connectivity index (χ2v) is 8.79. The Hall–Kier alpha value is -3.90. The van der Waals surface area contributed by atoms with Gasteiger partial charge in [0.05, 0.1) is 11.3 Å². The number of hydrogen-bond acceptors (Lipinski definition) is 5. The third-order valence-electron chi connectivity index (χ3n) is 6.79. The van der Waals surface area contributed by atoms with Crippen molar-refractivity contribution in [3.63, 3.8) is 0 Å². The van der Waals surface area contributed by atoms with E-state index in [1.54, 1.807) is 12.4 Å². The van der Waals surface area contributed by atoms with Crippen molar-refractivity contribution < 1.29 is 0 Å². The molecule has 2 N–H and O–H groups in total. The molecule has 0 amide bonds. The fourth-order valence-corrected chi connectivity index (χ4v) is 4.80. The lowest BCUT2D eigenvalue weighted by Gasteiger charge is -2.38. The van der Waals surface area contributed by atoms with Gasteiger partial charge in [-0.1, -0.05) is 54.6 Å². The molecule has 1 saturated carbocycles. The van der Waals surface area contributed by atoms with Crippen LogP contribution in [0.1, 0.15) is 24.8 Å². The van der Waals surface area contributed by atoms with Crippen molar-refractivity contribution in [2.45, 2.75) is 24.8 Å². The zero-order valence-electron chi connectivity index (χ0n) is 18.4. The topological polar surface area (TPSA) is 82.5 Å². The summed E-state index contributed by atoms with van der Waals surface area (Å²) in [6.45, 7) is 0. The van der Waals surface area contributed by atoms with Crippen molar-refractivity contribution in [3.8, 4) is 33.8 Å². The van der Waals surface area contributed by atoms with Gasteiger partial charge in [-0.05, 0) is 36.0 Å². The maximum absolute atomic E-state index is 6.56. The predicted molar refractivity (Wildman–Crippen MR) is 130 cm³/mol. The van der Waals surface area contributed by atoms with Gasteiger partial charge in [-0.15, -0.1) is 0 Å². The monoisotopic (exact) mass is 432 g/mol. The molecule has 0 radical (unpaired) electrons. The Bertz CT molecular complexity index is 1440. The first-order valence-electron chi connectivity index (χ1n) is 11.2. The van der Waals surface area contributed by atoms with Crippen molar-refractivity contribution >= 4 is 11.0 Å². The molecule has 0 atom stereocenters. The molecule has 6 heteroatoms. The summed E-state index contributed by atoms with van der Waals surface area (Å²) in [6.07, 6.45) is 10.2. The molecule has 3 heterocycles. The van der Waals surface area contributed by atoms with Gasteiger partial charge in [0.25, 0.3) is 0 Å². The van der Waals surface area contributed by atoms with Crippen molar-refractivity contribution in [1.29, 1.82) is 0 Å². The third kappa shape index (κ3) is 3.22. The number of rotatable bonds is 4. The molecule has 33 heavy (non-hydrogen) atoms. The van der Waals surface area contributed by atoms with Crippen molar-refractivity contribution in [2.24, 2.45) is 12.8 Å². The highest BCUT2D eigenvalue weighted by Crippen LogP contribution is 2.42. The maximum Gasteiger partial charge on any atom is 0.164 e. The van der Waals surface area contributed by atoms with Gasteiger partial charge < -0.3 is 10.3 Å². The van der Waals surface area contributed by atoms with E-state index in [1.807, 2.05) is 12.3 Å². The largest absolute Gasteiger partial charge is 0.328 e. The molecule has 1 fully saturated rings. The highest BCUT2D eigenvalue weighted by atomic mass is 15.1. The molecule has 2 aromatic carbocycles. The van der Waals surface area contributed by atoms with Crippen LogP contribution in [-0.2, 0) is 12.6 Å². The number of aromatic nitrogens is 5. The molecule has 6 nitrogen and oxygen atoms in total. The number of benzene rings is 2. The number of fused-ring (bicyclic) bond motifs is 1. The van der Waals surface area contributed by atoms with E-state index in [4.69, 9.17) is 10.7 Å². The summed E-state index contributed by atoms with van der Waals surface area (Å²) in [5.41, 5.74) is 13.8. The first-order valence-corrected chi connectivity index (χ1v) is 11.2. The van der Waals surface area contributed by atoms with Crippen LogP contribution in [-0.4, -0.2) is 24.5 Å². The smallest absolute Gasteiger partial charge is 0.164 e. The fraction of sp³-hybridized carbons (Fsp3) is 0.185. The van der Waals surface area contributed by atoms with Crippen LogP contribution in [0.3, 0.4) is 0 Å². The minimum absolute atomic E-state index is 0.169. The Morgan fingerprint density at radius 1 is 0.848 bits per heavy atom. The van der Waals surface area contributed by atoms with E-state index in [1.165, 1.54) is 18.3 Å². The van der Waals surface area contributed by atoms with Gasteiger partial charge in [0.2, 0.25) is 0 Å². The van der Waals surface area contributed by atoms with E-state index in [0.29, 0.717) is 5.82 Å². The third-order valence-corrected chi connectivity index (χ3v) is 6.79. The lowest BCUT2D eigenvalue weighted by Crippen LogP contribution is -2.43. The summed E-state index contributed by atoms with van der Waals surface area (Å²) in [7, 11) is 2.06. The van der Waals surface area contributed by atoms with Crippen LogP contribution in [0.4, 0.5) is 0 Å². The minimum atomic E-state index is -0.169. The summed E-state index contributed by atoms with van der Waals surface area (Å²) in [5, 5.41) is 1.01. The first kappa shape index (κ1) is 19.8. The van der Waals surface area contributed by atoms with Gasteiger partial charge in [0.1, 0.15) is 12.0 Å². The van der Waals surface area contributed by atoms with Crippen LogP contribution in [0.2, 0.25) is 0 Å². The molecule has 0 unspecified atom stereocenters. The van der Waals surface area contributed by atoms with Crippen molar-refractivity contribution in [1.82, 2.24) is 24.5 Å². The van der Waals surface area contributed by atoms with E-state index in [2.05, 4.69) is 75.1 Å². The standard InChI is InChI=1S/C27H24N6/c1-33-24(19-8-10-21(11-9-19)27(28)12-5-13-27)23(18-6-3-2-4-7-18)22-16-31-25(32-26(22)33)20-14-29-17-30-15-20/h2-4,6-11,14-17H,5,12-13,28H2,1H3. The van der Waals surface area contributed by atoms with Crippen LogP contribution in [0.25, 0.3) is 44.8 Å². The Morgan fingerprint density at radius 2 is 1.58 bits per heavy atom. The van der Waals surface area contributed by atoms with E-state index in [-0.39, 0.29) is 5.54 Å². The van der Waals surface area contributed by atoms with Crippen LogP contribution in [0.15, 0.2) is 79.5 Å². The van der Waals surface area contributed by atoms with E-state index in [0.717, 1.165) is 51.8 Å². The van der Waals surface area contributed by atoms with Crippen molar-refractivity contribution in [2.75, 3.05) is 0 Å². The molecule has 6 rings (SSSR count). The zero-order valence-corrected chi connectivity index (χ0v) is 18.4. The van der Waals surface area contributed by atoms with Crippen LogP contribution in [0.5, 0.6) is 0 Å². The molecule has 5 aromatic rings. The molecule has 1 aliphatic carbocycles. The van der Waals surface area contributed by atoms with Gasteiger partial charge in [0, 0.05) is 42.1 Å². The molecule has 162 valence electrons. The normalized spacial score (nSPS) is 14.8. The highest BCUT2D eigenvalue weighted by Gasteiger charge is 2.34. The fourth-order valence-electron chi connectivity index (χ4n) is 4.80. The summed E-state index contributed by atoms with van der Waals surface area (Å²) < 4.78 is 2.16. The first-order chi connectivity index (χ1) is 16.1. The SMILES string of the molecule is Cn1c(-c2ccc(C3(N)CCC3)cc2)c(-c2ccccc2)c2cnc(-c3cncnc3)nc21. The van der Waals surface area contributed by atoms with Gasteiger partial charge >= 0.3 is 0 Å². The van der Waals surface area contributed by atoms with E-state index >= 15 is 0 Å². The van der Waals surface area contributed by atoms with E-state index in [9.17, 15) is 0 Å². The molecule has 0 spiro atoms. The average molecular weight is 433 g/mol.